The first-order chi connectivity index (χ1) is 9.10. The SMILES string of the molecule is CCNC(Cc1csc(C)n1)c1ccc(C)c(Cl)c1. The van der Waals surface area contributed by atoms with Gasteiger partial charge in [0, 0.05) is 22.9 Å². The monoisotopic (exact) mass is 294 g/mol. The highest BCUT2D eigenvalue weighted by molar-refractivity contribution is 7.09. The van der Waals surface area contributed by atoms with Gasteiger partial charge in [0.25, 0.3) is 0 Å². The molecule has 1 N–H and O–H groups in total. The van der Waals surface area contributed by atoms with Crippen molar-refractivity contribution in [2.45, 2.75) is 33.2 Å². The number of nitrogens with zero attached hydrogens (tertiary/aromatic N) is 1. The average Bonchev–Trinajstić information content (AvgIpc) is 2.78. The number of hydrogen-bond donors (Lipinski definition) is 1. The Balaban J connectivity index is 2.21. The molecule has 102 valence electrons. The third kappa shape index (κ3) is 3.78. The Kier molecular flexibility index (Phi) is 4.97. The van der Waals surface area contributed by atoms with Crippen molar-refractivity contribution in [3.05, 3.63) is 50.4 Å². The summed E-state index contributed by atoms with van der Waals surface area (Å²) >= 11 is 7.92. The van der Waals surface area contributed by atoms with Crippen LogP contribution in [0.15, 0.2) is 23.6 Å². The zero-order valence-electron chi connectivity index (χ0n) is 11.5. The second-order valence-electron chi connectivity index (χ2n) is 4.68. The molecule has 2 rings (SSSR count). The summed E-state index contributed by atoms with van der Waals surface area (Å²) in [7, 11) is 0. The lowest BCUT2D eigenvalue weighted by Gasteiger charge is -2.18. The fourth-order valence-electron chi connectivity index (χ4n) is 2.09. The molecule has 0 amide bonds. The van der Waals surface area contributed by atoms with E-state index < -0.39 is 0 Å². The number of benzene rings is 1. The highest BCUT2D eigenvalue weighted by Gasteiger charge is 2.13. The zero-order chi connectivity index (χ0) is 13.8. The largest absolute Gasteiger partial charge is 0.310 e. The second kappa shape index (κ2) is 6.51. The Hall–Kier alpha value is -0.900. The first kappa shape index (κ1) is 14.5. The third-order valence-corrected chi connectivity index (χ3v) is 4.36. The molecular formula is C15H19ClN2S. The molecule has 1 aromatic heterocycles. The number of aryl methyl sites for hydroxylation is 2. The van der Waals surface area contributed by atoms with E-state index in [-0.39, 0.29) is 6.04 Å². The summed E-state index contributed by atoms with van der Waals surface area (Å²) in [5.74, 6) is 0. The van der Waals surface area contributed by atoms with Gasteiger partial charge in [-0.15, -0.1) is 11.3 Å². The van der Waals surface area contributed by atoms with Gasteiger partial charge in [-0.05, 0) is 37.6 Å². The van der Waals surface area contributed by atoms with Gasteiger partial charge in [0.05, 0.1) is 10.7 Å². The molecule has 4 heteroatoms. The molecule has 0 radical (unpaired) electrons. The maximum Gasteiger partial charge on any atom is 0.0897 e. The number of aromatic nitrogens is 1. The fourth-order valence-corrected chi connectivity index (χ4v) is 2.91. The lowest BCUT2D eigenvalue weighted by atomic mass is 10.0. The second-order valence-corrected chi connectivity index (χ2v) is 6.15. The summed E-state index contributed by atoms with van der Waals surface area (Å²) in [4.78, 5) is 4.54. The minimum Gasteiger partial charge on any atom is -0.310 e. The lowest BCUT2D eigenvalue weighted by Crippen LogP contribution is -2.23. The summed E-state index contributed by atoms with van der Waals surface area (Å²) < 4.78 is 0. The van der Waals surface area contributed by atoms with Crippen LogP contribution in [0.1, 0.15) is 34.8 Å². The number of likely N-dealkylation sites (N-methyl/N-ethyl adjacent to an activating group) is 1. The number of thiazole rings is 1. The topological polar surface area (TPSA) is 24.9 Å². The molecule has 0 saturated carbocycles. The van der Waals surface area contributed by atoms with E-state index >= 15 is 0 Å². The number of nitrogens with one attached hydrogen (secondary N) is 1. The van der Waals surface area contributed by atoms with Crippen LogP contribution in [0.2, 0.25) is 5.02 Å². The zero-order valence-corrected chi connectivity index (χ0v) is 13.1. The molecule has 2 aromatic rings. The smallest absolute Gasteiger partial charge is 0.0897 e. The Morgan fingerprint density at radius 1 is 1.37 bits per heavy atom. The van der Waals surface area contributed by atoms with Crippen molar-refractivity contribution in [3.8, 4) is 0 Å². The normalized spacial score (nSPS) is 12.6. The highest BCUT2D eigenvalue weighted by atomic mass is 35.5. The Morgan fingerprint density at radius 3 is 2.74 bits per heavy atom. The van der Waals surface area contributed by atoms with Crippen LogP contribution in [0.4, 0.5) is 0 Å². The van der Waals surface area contributed by atoms with E-state index in [0.29, 0.717) is 0 Å². The standard InChI is InChI=1S/C15H19ClN2S/c1-4-17-15(8-13-9-19-11(3)18-13)12-6-5-10(2)14(16)7-12/h5-7,9,15,17H,4,8H2,1-3H3. The molecule has 1 aromatic carbocycles. The van der Waals surface area contributed by atoms with E-state index in [1.165, 1.54) is 5.56 Å². The van der Waals surface area contributed by atoms with Gasteiger partial charge in [0.2, 0.25) is 0 Å². The number of halogens is 1. The minimum absolute atomic E-state index is 0.268. The molecule has 0 fully saturated rings. The van der Waals surface area contributed by atoms with Crippen molar-refractivity contribution in [1.82, 2.24) is 10.3 Å². The van der Waals surface area contributed by atoms with Crippen molar-refractivity contribution < 1.29 is 0 Å². The Morgan fingerprint density at radius 2 is 2.16 bits per heavy atom. The molecule has 0 bridgehead atoms. The first-order valence-corrected chi connectivity index (χ1v) is 7.76. The molecular weight excluding hydrogens is 276 g/mol. The van der Waals surface area contributed by atoms with Crippen LogP contribution in [0, 0.1) is 13.8 Å². The van der Waals surface area contributed by atoms with Gasteiger partial charge in [0.15, 0.2) is 0 Å². The van der Waals surface area contributed by atoms with Crippen molar-refractivity contribution >= 4 is 22.9 Å². The lowest BCUT2D eigenvalue weighted by molar-refractivity contribution is 0.545. The molecule has 2 nitrogen and oxygen atoms in total. The van der Waals surface area contributed by atoms with E-state index in [1.54, 1.807) is 11.3 Å². The Labute approximate surface area is 123 Å². The van der Waals surface area contributed by atoms with Gasteiger partial charge >= 0.3 is 0 Å². The van der Waals surface area contributed by atoms with Crippen molar-refractivity contribution in [2.75, 3.05) is 6.54 Å². The summed E-state index contributed by atoms with van der Waals surface area (Å²) in [5.41, 5.74) is 3.48. The summed E-state index contributed by atoms with van der Waals surface area (Å²) in [5, 5.41) is 7.59. The predicted molar refractivity (Wildman–Crippen MR) is 83.2 cm³/mol. The maximum atomic E-state index is 6.22. The van der Waals surface area contributed by atoms with Gasteiger partial charge < -0.3 is 5.32 Å². The van der Waals surface area contributed by atoms with E-state index in [0.717, 1.165) is 34.3 Å². The Bertz CT molecular complexity index is 551. The number of hydrogen-bond acceptors (Lipinski definition) is 3. The molecule has 0 aliphatic carbocycles. The van der Waals surface area contributed by atoms with E-state index in [1.807, 2.05) is 13.8 Å². The predicted octanol–water partition coefficient (Wildman–Crippen LogP) is 4.31. The minimum atomic E-state index is 0.268. The van der Waals surface area contributed by atoms with Crippen LogP contribution in [0.25, 0.3) is 0 Å². The molecule has 1 heterocycles. The van der Waals surface area contributed by atoms with Crippen LogP contribution in [0.5, 0.6) is 0 Å². The summed E-state index contributed by atoms with van der Waals surface area (Å²) in [6.07, 6.45) is 0.900. The van der Waals surface area contributed by atoms with Crippen molar-refractivity contribution in [1.29, 1.82) is 0 Å². The van der Waals surface area contributed by atoms with E-state index in [2.05, 4.69) is 40.8 Å². The fraction of sp³-hybridized carbons (Fsp3) is 0.400. The highest BCUT2D eigenvalue weighted by Crippen LogP contribution is 2.24. The molecule has 0 spiro atoms. The molecule has 0 aliphatic heterocycles. The van der Waals surface area contributed by atoms with E-state index in [9.17, 15) is 0 Å². The summed E-state index contributed by atoms with van der Waals surface area (Å²) in [6, 6.07) is 6.55. The average molecular weight is 295 g/mol. The van der Waals surface area contributed by atoms with E-state index in [4.69, 9.17) is 11.6 Å². The maximum absolute atomic E-state index is 6.22. The van der Waals surface area contributed by atoms with Crippen molar-refractivity contribution in [3.63, 3.8) is 0 Å². The van der Waals surface area contributed by atoms with Gasteiger partial charge in [-0.2, -0.15) is 0 Å². The number of rotatable bonds is 5. The van der Waals surface area contributed by atoms with Gasteiger partial charge in [-0.1, -0.05) is 30.7 Å². The van der Waals surface area contributed by atoms with Crippen LogP contribution in [-0.4, -0.2) is 11.5 Å². The molecule has 19 heavy (non-hydrogen) atoms. The summed E-state index contributed by atoms with van der Waals surface area (Å²) in [6.45, 7) is 7.12. The van der Waals surface area contributed by atoms with Crippen LogP contribution < -0.4 is 5.32 Å². The van der Waals surface area contributed by atoms with Crippen LogP contribution >= 0.6 is 22.9 Å². The van der Waals surface area contributed by atoms with Crippen molar-refractivity contribution in [2.24, 2.45) is 0 Å². The van der Waals surface area contributed by atoms with Crippen LogP contribution in [0.3, 0.4) is 0 Å². The molecule has 1 unspecified atom stereocenters. The van der Waals surface area contributed by atoms with Gasteiger partial charge in [-0.25, -0.2) is 4.98 Å². The molecule has 0 saturated heterocycles. The first-order valence-electron chi connectivity index (χ1n) is 6.50. The molecule has 1 atom stereocenters. The molecule has 0 aliphatic rings. The quantitative estimate of drug-likeness (QED) is 0.889. The van der Waals surface area contributed by atoms with Crippen LogP contribution in [-0.2, 0) is 6.42 Å². The van der Waals surface area contributed by atoms with Gasteiger partial charge in [-0.3, -0.25) is 0 Å². The third-order valence-electron chi connectivity index (χ3n) is 3.13. The van der Waals surface area contributed by atoms with Gasteiger partial charge in [0.1, 0.15) is 0 Å².